The molecular formula is C23H22O2. The standard InChI is InChI=1S/C23H22O2/c1-2-4-13-12(3-1)11-18-14(13)5-6-15(16-7-9-19-22(16)24-19)21(18)17-8-10-20-23(17)25-20/h1-6,16-17,19-20,22-23H,7-11H2. The van der Waals surface area contributed by atoms with Gasteiger partial charge < -0.3 is 9.47 Å². The van der Waals surface area contributed by atoms with Crippen molar-refractivity contribution in [1.29, 1.82) is 0 Å². The van der Waals surface area contributed by atoms with Gasteiger partial charge in [0.2, 0.25) is 0 Å². The third-order valence-electron chi connectivity index (χ3n) is 7.40. The summed E-state index contributed by atoms with van der Waals surface area (Å²) in [6, 6.07) is 13.8. The summed E-state index contributed by atoms with van der Waals surface area (Å²) in [7, 11) is 0. The minimum atomic E-state index is 0.492. The number of hydrogen-bond donors (Lipinski definition) is 0. The fourth-order valence-corrected chi connectivity index (χ4v) is 6.16. The average Bonchev–Trinajstić information content (AvgIpc) is 3.46. The molecule has 2 saturated carbocycles. The van der Waals surface area contributed by atoms with Gasteiger partial charge in [0, 0.05) is 11.8 Å². The smallest absolute Gasteiger partial charge is 0.0910 e. The molecule has 6 atom stereocenters. The predicted molar refractivity (Wildman–Crippen MR) is 96.0 cm³/mol. The van der Waals surface area contributed by atoms with E-state index in [9.17, 15) is 0 Å². The van der Waals surface area contributed by atoms with Crippen LogP contribution in [0.1, 0.15) is 59.8 Å². The van der Waals surface area contributed by atoms with E-state index in [-0.39, 0.29) is 0 Å². The molecule has 2 aromatic carbocycles. The highest BCUT2D eigenvalue weighted by molar-refractivity contribution is 5.79. The molecule has 7 rings (SSSR count). The summed E-state index contributed by atoms with van der Waals surface area (Å²) in [5, 5.41) is 0. The minimum absolute atomic E-state index is 0.492. The Labute approximate surface area is 148 Å². The molecule has 0 N–H and O–H groups in total. The number of rotatable bonds is 2. The molecule has 0 amide bonds. The second-order valence-electron chi connectivity index (χ2n) is 8.57. The van der Waals surface area contributed by atoms with Crippen molar-refractivity contribution in [3.63, 3.8) is 0 Å². The predicted octanol–water partition coefficient (Wildman–Crippen LogP) is 4.55. The molecule has 2 nitrogen and oxygen atoms in total. The van der Waals surface area contributed by atoms with Gasteiger partial charge in [-0.1, -0.05) is 36.4 Å². The van der Waals surface area contributed by atoms with Crippen LogP contribution in [0.3, 0.4) is 0 Å². The van der Waals surface area contributed by atoms with Crippen LogP contribution < -0.4 is 0 Å². The number of fused-ring (bicyclic) bond motifs is 5. The molecule has 0 bridgehead atoms. The van der Waals surface area contributed by atoms with Crippen molar-refractivity contribution in [3.8, 4) is 11.1 Å². The summed E-state index contributed by atoms with van der Waals surface area (Å²) in [6.45, 7) is 0. The zero-order chi connectivity index (χ0) is 16.1. The molecule has 4 fully saturated rings. The van der Waals surface area contributed by atoms with Gasteiger partial charge in [-0.15, -0.1) is 0 Å². The lowest BCUT2D eigenvalue weighted by Crippen LogP contribution is -2.14. The Morgan fingerprint density at radius 3 is 2.20 bits per heavy atom. The lowest BCUT2D eigenvalue weighted by Gasteiger charge is -2.24. The molecule has 0 spiro atoms. The zero-order valence-electron chi connectivity index (χ0n) is 14.3. The van der Waals surface area contributed by atoms with Gasteiger partial charge in [-0.3, -0.25) is 0 Å². The largest absolute Gasteiger partial charge is 0.369 e. The molecule has 3 aliphatic carbocycles. The van der Waals surface area contributed by atoms with E-state index in [0.29, 0.717) is 36.3 Å². The van der Waals surface area contributed by atoms with Crippen LogP contribution in [0, 0.1) is 0 Å². The SMILES string of the molecule is c1ccc2c(c1)Cc1c-2ccc(C2CCC3OC32)c1C1CCC2OC21. The van der Waals surface area contributed by atoms with Crippen molar-refractivity contribution >= 4 is 0 Å². The van der Waals surface area contributed by atoms with E-state index in [1.54, 1.807) is 16.7 Å². The highest BCUT2D eigenvalue weighted by Gasteiger charge is 2.55. The number of epoxide rings is 2. The van der Waals surface area contributed by atoms with Gasteiger partial charge in [0.25, 0.3) is 0 Å². The van der Waals surface area contributed by atoms with Crippen LogP contribution in [0.2, 0.25) is 0 Å². The Balaban J connectivity index is 1.43. The van der Waals surface area contributed by atoms with E-state index < -0.39 is 0 Å². The van der Waals surface area contributed by atoms with Crippen molar-refractivity contribution in [3.05, 3.63) is 58.7 Å². The Bertz CT molecular complexity index is 901. The van der Waals surface area contributed by atoms with Gasteiger partial charge in [-0.05, 0) is 65.5 Å². The van der Waals surface area contributed by atoms with Gasteiger partial charge >= 0.3 is 0 Å². The molecule has 0 radical (unpaired) electrons. The van der Waals surface area contributed by atoms with E-state index in [2.05, 4.69) is 36.4 Å². The van der Waals surface area contributed by atoms with Crippen molar-refractivity contribution < 1.29 is 9.47 Å². The maximum Gasteiger partial charge on any atom is 0.0910 e. The van der Waals surface area contributed by atoms with Gasteiger partial charge in [-0.25, -0.2) is 0 Å². The molecule has 6 unspecified atom stereocenters. The van der Waals surface area contributed by atoms with E-state index in [1.807, 2.05) is 0 Å². The summed E-state index contributed by atoms with van der Waals surface area (Å²) in [4.78, 5) is 0. The second kappa shape index (κ2) is 4.55. The summed E-state index contributed by atoms with van der Waals surface area (Å²) in [5.41, 5.74) is 9.27. The van der Waals surface area contributed by atoms with Gasteiger partial charge in [0.15, 0.2) is 0 Å². The summed E-state index contributed by atoms with van der Waals surface area (Å²) < 4.78 is 11.9. The van der Waals surface area contributed by atoms with Crippen LogP contribution >= 0.6 is 0 Å². The third kappa shape index (κ3) is 1.77. The van der Waals surface area contributed by atoms with E-state index >= 15 is 0 Å². The Morgan fingerprint density at radius 2 is 1.48 bits per heavy atom. The molecule has 0 aromatic heterocycles. The van der Waals surface area contributed by atoms with Crippen LogP contribution in [0.4, 0.5) is 0 Å². The molecule has 2 heteroatoms. The molecule has 126 valence electrons. The molecular weight excluding hydrogens is 308 g/mol. The van der Waals surface area contributed by atoms with Crippen molar-refractivity contribution in [1.82, 2.24) is 0 Å². The van der Waals surface area contributed by atoms with E-state index in [1.165, 1.54) is 42.4 Å². The lowest BCUT2D eigenvalue weighted by molar-refractivity contribution is 0.291. The van der Waals surface area contributed by atoms with E-state index in [4.69, 9.17) is 9.47 Å². The first-order chi connectivity index (χ1) is 12.4. The highest BCUT2D eigenvalue weighted by Crippen LogP contribution is 2.56. The van der Waals surface area contributed by atoms with Crippen LogP contribution in [0.15, 0.2) is 36.4 Å². The molecule has 2 heterocycles. The second-order valence-corrected chi connectivity index (χ2v) is 8.57. The Morgan fingerprint density at radius 1 is 0.720 bits per heavy atom. The fourth-order valence-electron chi connectivity index (χ4n) is 6.16. The topological polar surface area (TPSA) is 25.1 Å². The number of hydrogen-bond acceptors (Lipinski definition) is 2. The van der Waals surface area contributed by atoms with Gasteiger partial charge in [-0.2, -0.15) is 0 Å². The number of benzene rings is 2. The monoisotopic (exact) mass is 330 g/mol. The van der Waals surface area contributed by atoms with Crippen LogP contribution in [0.5, 0.6) is 0 Å². The first-order valence-corrected chi connectivity index (χ1v) is 9.93. The molecule has 2 aromatic rings. The van der Waals surface area contributed by atoms with Gasteiger partial charge in [0.05, 0.1) is 24.4 Å². The van der Waals surface area contributed by atoms with Crippen molar-refractivity contribution in [2.24, 2.45) is 0 Å². The maximum absolute atomic E-state index is 5.98. The average molecular weight is 330 g/mol. The maximum atomic E-state index is 5.98. The van der Waals surface area contributed by atoms with E-state index in [0.717, 1.165) is 6.42 Å². The van der Waals surface area contributed by atoms with Gasteiger partial charge in [0.1, 0.15) is 0 Å². The molecule has 25 heavy (non-hydrogen) atoms. The van der Waals surface area contributed by atoms with Crippen LogP contribution in [-0.4, -0.2) is 24.4 Å². The summed E-state index contributed by atoms with van der Waals surface area (Å²) in [6.07, 6.45) is 8.29. The molecule has 2 saturated heterocycles. The Kier molecular flexibility index (Phi) is 2.46. The quantitative estimate of drug-likeness (QED) is 0.644. The summed E-state index contributed by atoms with van der Waals surface area (Å²) in [5.74, 6) is 1.23. The minimum Gasteiger partial charge on any atom is -0.369 e. The Hall–Kier alpha value is -1.64. The third-order valence-corrected chi connectivity index (χ3v) is 7.40. The van der Waals surface area contributed by atoms with Crippen LogP contribution in [0.25, 0.3) is 11.1 Å². The fraction of sp³-hybridized carbons (Fsp3) is 0.478. The van der Waals surface area contributed by atoms with Crippen molar-refractivity contribution in [2.75, 3.05) is 0 Å². The number of ether oxygens (including phenoxy) is 2. The van der Waals surface area contributed by atoms with Crippen molar-refractivity contribution in [2.45, 2.75) is 68.4 Å². The molecule has 5 aliphatic rings. The van der Waals surface area contributed by atoms with Crippen LogP contribution in [-0.2, 0) is 15.9 Å². The first kappa shape index (κ1) is 13.5. The zero-order valence-corrected chi connectivity index (χ0v) is 14.3. The normalized spacial score (nSPS) is 38.9. The first-order valence-electron chi connectivity index (χ1n) is 9.93. The highest BCUT2D eigenvalue weighted by atomic mass is 16.6. The molecule has 2 aliphatic heterocycles. The summed E-state index contributed by atoms with van der Waals surface area (Å²) >= 11 is 0. The lowest BCUT2D eigenvalue weighted by atomic mass is 9.80.